The quantitative estimate of drug-likeness (QED) is 0.909. The minimum absolute atomic E-state index is 0.226. The molecule has 0 fully saturated rings. The van der Waals surface area contributed by atoms with E-state index in [0.717, 1.165) is 37.2 Å². The van der Waals surface area contributed by atoms with Crippen molar-refractivity contribution in [3.05, 3.63) is 11.5 Å². The lowest BCUT2D eigenvalue weighted by Gasteiger charge is -2.25. The van der Waals surface area contributed by atoms with E-state index in [-0.39, 0.29) is 10.9 Å². The predicted octanol–water partition coefficient (Wildman–Crippen LogP) is 2.59. The standard InChI is InChI=1S/C14H25N3O2S/c1-5-9-15-20(18,19)14-12-8-6-7-11(4)17(12)13(16-14)10(2)3/h10-11,15H,5-9H2,1-4H3. The van der Waals surface area contributed by atoms with Gasteiger partial charge < -0.3 is 4.57 Å². The highest BCUT2D eigenvalue weighted by atomic mass is 32.2. The first-order chi connectivity index (χ1) is 9.38. The van der Waals surface area contributed by atoms with Crippen LogP contribution in [0.1, 0.15) is 70.4 Å². The number of aromatic nitrogens is 2. The van der Waals surface area contributed by atoms with Crippen LogP contribution in [0.3, 0.4) is 0 Å². The minimum atomic E-state index is -3.48. The van der Waals surface area contributed by atoms with Gasteiger partial charge in [0.2, 0.25) is 0 Å². The van der Waals surface area contributed by atoms with E-state index in [0.29, 0.717) is 12.6 Å². The summed E-state index contributed by atoms with van der Waals surface area (Å²) in [7, 11) is -3.48. The highest BCUT2D eigenvalue weighted by Gasteiger charge is 2.31. The van der Waals surface area contributed by atoms with E-state index in [1.165, 1.54) is 0 Å². The van der Waals surface area contributed by atoms with Crippen LogP contribution in [0.4, 0.5) is 0 Å². The van der Waals surface area contributed by atoms with E-state index >= 15 is 0 Å². The summed E-state index contributed by atoms with van der Waals surface area (Å²) in [4.78, 5) is 4.48. The van der Waals surface area contributed by atoms with Crippen molar-refractivity contribution in [3.8, 4) is 0 Å². The average Bonchev–Trinajstić information content (AvgIpc) is 2.78. The molecule has 0 aliphatic carbocycles. The maximum atomic E-state index is 12.4. The SMILES string of the molecule is CCCNS(=O)(=O)c1nc(C(C)C)n2c1CCCC2C. The Kier molecular flexibility index (Phi) is 4.54. The topological polar surface area (TPSA) is 64.0 Å². The van der Waals surface area contributed by atoms with Gasteiger partial charge in [-0.2, -0.15) is 0 Å². The number of rotatable bonds is 5. The Morgan fingerprint density at radius 1 is 1.45 bits per heavy atom. The molecule has 114 valence electrons. The van der Waals surface area contributed by atoms with Crippen LogP contribution in [0, 0.1) is 0 Å². The first-order valence-electron chi connectivity index (χ1n) is 7.49. The van der Waals surface area contributed by atoms with Crippen molar-refractivity contribution >= 4 is 10.0 Å². The maximum Gasteiger partial charge on any atom is 0.259 e. The fourth-order valence-electron chi connectivity index (χ4n) is 2.80. The van der Waals surface area contributed by atoms with Gasteiger partial charge in [0.1, 0.15) is 5.82 Å². The predicted molar refractivity (Wildman–Crippen MR) is 79.4 cm³/mol. The van der Waals surface area contributed by atoms with Gasteiger partial charge in [-0.25, -0.2) is 18.1 Å². The molecule has 1 aliphatic rings. The zero-order chi connectivity index (χ0) is 14.9. The van der Waals surface area contributed by atoms with Gasteiger partial charge in [-0.1, -0.05) is 20.8 Å². The Morgan fingerprint density at radius 3 is 2.75 bits per heavy atom. The molecule has 5 nitrogen and oxygen atoms in total. The van der Waals surface area contributed by atoms with Crippen LogP contribution in [0.5, 0.6) is 0 Å². The normalized spacial score (nSPS) is 19.4. The van der Waals surface area contributed by atoms with E-state index in [4.69, 9.17) is 0 Å². The third-order valence-corrected chi connectivity index (χ3v) is 5.21. The molecule has 0 amide bonds. The third kappa shape index (κ3) is 2.76. The van der Waals surface area contributed by atoms with E-state index < -0.39 is 10.0 Å². The first-order valence-corrected chi connectivity index (χ1v) is 8.97. The van der Waals surface area contributed by atoms with Gasteiger partial charge in [0.15, 0.2) is 5.03 Å². The van der Waals surface area contributed by atoms with E-state index in [2.05, 4.69) is 35.0 Å². The number of sulfonamides is 1. The van der Waals surface area contributed by atoms with Gasteiger partial charge in [0.05, 0.1) is 5.69 Å². The van der Waals surface area contributed by atoms with Crippen molar-refractivity contribution in [2.45, 2.75) is 70.4 Å². The Balaban J connectivity index is 2.52. The second kappa shape index (κ2) is 5.85. The van der Waals surface area contributed by atoms with Crippen molar-refractivity contribution in [1.82, 2.24) is 14.3 Å². The Morgan fingerprint density at radius 2 is 2.15 bits per heavy atom. The first kappa shape index (κ1) is 15.5. The van der Waals surface area contributed by atoms with Crippen LogP contribution < -0.4 is 4.72 Å². The van der Waals surface area contributed by atoms with Gasteiger partial charge in [-0.05, 0) is 32.6 Å². The van der Waals surface area contributed by atoms with Gasteiger partial charge in [0.25, 0.3) is 10.0 Å². The molecule has 20 heavy (non-hydrogen) atoms. The monoisotopic (exact) mass is 299 g/mol. The highest BCUT2D eigenvalue weighted by Crippen LogP contribution is 2.33. The Labute approximate surface area is 121 Å². The van der Waals surface area contributed by atoms with Gasteiger partial charge in [-0.3, -0.25) is 0 Å². The fraction of sp³-hybridized carbons (Fsp3) is 0.786. The second-order valence-corrected chi connectivity index (χ2v) is 7.57. The summed E-state index contributed by atoms with van der Waals surface area (Å²) in [6.45, 7) is 8.68. The van der Waals surface area contributed by atoms with Crippen molar-refractivity contribution in [3.63, 3.8) is 0 Å². The van der Waals surface area contributed by atoms with Crippen molar-refractivity contribution in [2.24, 2.45) is 0 Å². The lowest BCUT2D eigenvalue weighted by atomic mass is 10.0. The molecule has 1 unspecified atom stereocenters. The molecule has 6 heteroatoms. The summed E-state index contributed by atoms with van der Waals surface area (Å²) in [5, 5.41) is 0.251. The largest absolute Gasteiger partial charge is 0.328 e. The molecular weight excluding hydrogens is 274 g/mol. The van der Waals surface area contributed by atoms with Crippen LogP contribution in [-0.2, 0) is 16.4 Å². The molecule has 2 heterocycles. The zero-order valence-electron chi connectivity index (χ0n) is 12.8. The minimum Gasteiger partial charge on any atom is -0.328 e. The molecule has 2 rings (SSSR count). The molecule has 0 saturated carbocycles. The van der Waals surface area contributed by atoms with Crippen LogP contribution in [0.2, 0.25) is 0 Å². The number of hydrogen-bond donors (Lipinski definition) is 1. The summed E-state index contributed by atoms with van der Waals surface area (Å²) >= 11 is 0. The number of imidazole rings is 1. The summed E-state index contributed by atoms with van der Waals surface area (Å²) in [5.41, 5.74) is 0.885. The van der Waals surface area contributed by atoms with Crippen molar-refractivity contribution in [1.29, 1.82) is 0 Å². The molecular formula is C14H25N3O2S. The van der Waals surface area contributed by atoms with Crippen LogP contribution in [0.25, 0.3) is 0 Å². The Hall–Kier alpha value is -0.880. The second-order valence-electron chi connectivity index (χ2n) is 5.89. The van der Waals surface area contributed by atoms with Gasteiger partial charge in [-0.15, -0.1) is 0 Å². The molecule has 0 bridgehead atoms. The van der Waals surface area contributed by atoms with Gasteiger partial charge in [0, 0.05) is 18.5 Å². The molecule has 1 aromatic rings. The summed E-state index contributed by atoms with van der Waals surface area (Å²) in [6, 6.07) is 0.332. The lowest BCUT2D eigenvalue weighted by molar-refractivity contribution is 0.410. The maximum absolute atomic E-state index is 12.4. The smallest absolute Gasteiger partial charge is 0.259 e. The molecule has 1 atom stereocenters. The van der Waals surface area contributed by atoms with Crippen LogP contribution in [0.15, 0.2) is 5.03 Å². The van der Waals surface area contributed by atoms with E-state index in [9.17, 15) is 8.42 Å². The summed E-state index contributed by atoms with van der Waals surface area (Å²) in [5.74, 6) is 1.12. The van der Waals surface area contributed by atoms with Gasteiger partial charge >= 0.3 is 0 Å². The number of nitrogens with one attached hydrogen (secondary N) is 1. The van der Waals surface area contributed by atoms with Crippen molar-refractivity contribution < 1.29 is 8.42 Å². The third-order valence-electron chi connectivity index (χ3n) is 3.79. The molecule has 1 aromatic heterocycles. The highest BCUT2D eigenvalue weighted by molar-refractivity contribution is 7.89. The number of nitrogens with zero attached hydrogens (tertiary/aromatic N) is 2. The average molecular weight is 299 g/mol. The van der Waals surface area contributed by atoms with E-state index in [1.807, 2.05) is 6.92 Å². The fourth-order valence-corrected chi connectivity index (χ4v) is 4.14. The van der Waals surface area contributed by atoms with Crippen LogP contribution in [-0.4, -0.2) is 24.5 Å². The van der Waals surface area contributed by atoms with Crippen LogP contribution >= 0.6 is 0 Å². The summed E-state index contributed by atoms with van der Waals surface area (Å²) < 4.78 is 29.6. The molecule has 0 radical (unpaired) electrons. The number of fused-ring (bicyclic) bond motifs is 1. The molecule has 0 saturated heterocycles. The Bertz CT molecular complexity index is 575. The summed E-state index contributed by atoms with van der Waals surface area (Å²) in [6.07, 6.45) is 3.70. The van der Waals surface area contributed by atoms with E-state index in [1.54, 1.807) is 0 Å². The molecule has 0 spiro atoms. The molecule has 1 N–H and O–H groups in total. The zero-order valence-corrected chi connectivity index (χ0v) is 13.6. The lowest BCUT2D eigenvalue weighted by Crippen LogP contribution is -2.26. The molecule has 1 aliphatic heterocycles. The number of hydrogen-bond acceptors (Lipinski definition) is 3. The molecule has 0 aromatic carbocycles. The van der Waals surface area contributed by atoms with Crippen molar-refractivity contribution in [2.75, 3.05) is 6.54 Å².